The van der Waals surface area contributed by atoms with Gasteiger partial charge in [-0.05, 0) is 43.3 Å². The van der Waals surface area contributed by atoms with Crippen molar-refractivity contribution in [1.29, 1.82) is 0 Å². The highest BCUT2D eigenvalue weighted by atomic mass is 19.1. The van der Waals surface area contributed by atoms with Crippen LogP contribution >= 0.6 is 0 Å². The van der Waals surface area contributed by atoms with Crippen molar-refractivity contribution in [3.8, 4) is 17.2 Å². The minimum absolute atomic E-state index is 0.0314. The maximum Gasteiger partial charge on any atom is 0.254 e. The van der Waals surface area contributed by atoms with Gasteiger partial charge in [-0.2, -0.15) is 0 Å². The molecule has 0 atom stereocenters. The van der Waals surface area contributed by atoms with Gasteiger partial charge < -0.3 is 19.8 Å². The lowest BCUT2D eigenvalue weighted by atomic mass is 10.1. The number of nitrogens with zero attached hydrogens (tertiary/aromatic N) is 1. The van der Waals surface area contributed by atoms with Crippen LogP contribution in [0.1, 0.15) is 28.2 Å². The maximum atomic E-state index is 13.9. The van der Waals surface area contributed by atoms with Crippen molar-refractivity contribution < 1.29 is 27.5 Å². The summed E-state index contributed by atoms with van der Waals surface area (Å²) >= 11 is 0. The lowest BCUT2D eigenvalue weighted by molar-refractivity contribution is -0.116. The lowest BCUT2D eigenvalue weighted by Gasteiger charge is -2.10. The number of aryl methyl sites for hydroxylation is 1. The Hall–Kier alpha value is -4.53. The van der Waals surface area contributed by atoms with E-state index in [0.717, 1.165) is 12.1 Å². The number of hydrogen-bond donors (Lipinski definition) is 2. The highest BCUT2D eigenvalue weighted by Crippen LogP contribution is 2.29. The van der Waals surface area contributed by atoms with Crippen LogP contribution in [-0.4, -0.2) is 23.4 Å². The largest absolute Gasteiger partial charge is 0.493 e. The number of benzene rings is 3. The number of amides is 2. The number of carbonyl (C=O) groups excluding carboxylic acids is 2. The third-order valence-electron chi connectivity index (χ3n) is 5.26. The summed E-state index contributed by atoms with van der Waals surface area (Å²) in [7, 11) is 0. The van der Waals surface area contributed by atoms with Gasteiger partial charge in [0, 0.05) is 6.07 Å². The normalized spacial score (nSPS) is 10.6. The minimum Gasteiger partial charge on any atom is -0.493 e. The molecule has 0 radical (unpaired) electrons. The number of halogens is 2. The molecule has 1 aromatic heterocycles. The van der Waals surface area contributed by atoms with Crippen molar-refractivity contribution in [2.45, 2.75) is 19.9 Å². The molecule has 9 heteroatoms. The summed E-state index contributed by atoms with van der Waals surface area (Å²) < 4.78 is 38.3. The first kappa shape index (κ1) is 24.6. The minimum atomic E-state index is -0.955. The van der Waals surface area contributed by atoms with Crippen LogP contribution in [0.25, 0.3) is 11.5 Å². The molecular formula is C27H23F2N3O4. The van der Waals surface area contributed by atoms with E-state index in [1.165, 1.54) is 0 Å². The molecule has 36 heavy (non-hydrogen) atoms. The maximum absolute atomic E-state index is 13.9. The first-order valence-corrected chi connectivity index (χ1v) is 11.2. The van der Waals surface area contributed by atoms with Crippen LogP contribution in [0.4, 0.5) is 14.5 Å². The van der Waals surface area contributed by atoms with E-state index in [-0.39, 0.29) is 36.9 Å². The molecule has 3 aromatic carbocycles. The van der Waals surface area contributed by atoms with Crippen LogP contribution in [0.3, 0.4) is 0 Å². The van der Waals surface area contributed by atoms with Crippen molar-refractivity contribution in [3.63, 3.8) is 0 Å². The zero-order valence-corrected chi connectivity index (χ0v) is 19.4. The summed E-state index contributed by atoms with van der Waals surface area (Å²) in [5.74, 6) is -1.29. The molecule has 184 valence electrons. The molecule has 0 fully saturated rings. The van der Waals surface area contributed by atoms with Gasteiger partial charge in [-0.1, -0.05) is 30.3 Å². The van der Waals surface area contributed by atoms with Gasteiger partial charge in [-0.3, -0.25) is 9.59 Å². The van der Waals surface area contributed by atoms with Gasteiger partial charge in [0.15, 0.2) is 0 Å². The van der Waals surface area contributed by atoms with Crippen molar-refractivity contribution >= 4 is 17.5 Å². The number of carbonyl (C=O) groups is 2. The predicted molar refractivity (Wildman–Crippen MR) is 129 cm³/mol. The fraction of sp³-hybridized carbons (Fsp3) is 0.148. The van der Waals surface area contributed by atoms with Crippen molar-refractivity contribution in [1.82, 2.24) is 10.3 Å². The fourth-order valence-corrected chi connectivity index (χ4v) is 3.41. The molecule has 2 N–H and O–H groups in total. The molecule has 0 bridgehead atoms. The van der Waals surface area contributed by atoms with Gasteiger partial charge in [0.2, 0.25) is 11.8 Å². The molecule has 0 saturated heterocycles. The third kappa shape index (κ3) is 6.12. The molecule has 0 spiro atoms. The van der Waals surface area contributed by atoms with E-state index in [4.69, 9.17) is 9.15 Å². The third-order valence-corrected chi connectivity index (χ3v) is 5.26. The number of hydrogen-bond acceptors (Lipinski definition) is 5. The standard InChI is InChI=1S/C27H23F2N3O4/c1-17-24(16-30-26(34)20-12-11-18(28)15-22(20)29)32-27(36-17)21-9-5-6-10-23(21)31-25(33)13-14-35-19-7-3-2-4-8-19/h2-12,15H,13-14,16H2,1H3,(H,30,34)(H,31,33). The summed E-state index contributed by atoms with van der Waals surface area (Å²) in [4.78, 5) is 29.2. The first-order chi connectivity index (χ1) is 17.4. The summed E-state index contributed by atoms with van der Waals surface area (Å²) in [5.41, 5.74) is 1.22. The molecule has 0 aliphatic carbocycles. The Kier molecular flexibility index (Phi) is 7.69. The van der Waals surface area contributed by atoms with Crippen molar-refractivity contribution in [2.24, 2.45) is 0 Å². The first-order valence-electron chi connectivity index (χ1n) is 11.2. The molecule has 1 heterocycles. The van der Waals surface area contributed by atoms with Gasteiger partial charge >= 0.3 is 0 Å². The number of ether oxygens (including phenoxy) is 1. The molecule has 0 saturated carbocycles. The highest BCUT2D eigenvalue weighted by Gasteiger charge is 2.18. The average Bonchev–Trinajstić information content (AvgIpc) is 3.23. The number of oxazole rings is 1. The second kappa shape index (κ2) is 11.3. The van der Waals surface area contributed by atoms with E-state index in [0.29, 0.717) is 34.5 Å². The molecule has 2 amide bonds. The van der Waals surface area contributed by atoms with Gasteiger partial charge in [0.25, 0.3) is 5.91 Å². The van der Waals surface area contributed by atoms with Gasteiger partial charge in [0.1, 0.15) is 28.8 Å². The van der Waals surface area contributed by atoms with Crippen LogP contribution in [0.5, 0.6) is 5.75 Å². The Balaban J connectivity index is 1.40. The summed E-state index contributed by atoms with van der Waals surface area (Å²) in [6, 6.07) is 19.0. The smallest absolute Gasteiger partial charge is 0.254 e. The van der Waals surface area contributed by atoms with E-state index >= 15 is 0 Å². The lowest BCUT2D eigenvalue weighted by Crippen LogP contribution is -2.24. The predicted octanol–water partition coefficient (Wildman–Crippen LogP) is 5.27. The van der Waals surface area contributed by atoms with Gasteiger partial charge in [-0.15, -0.1) is 0 Å². The molecule has 7 nitrogen and oxygen atoms in total. The monoisotopic (exact) mass is 491 g/mol. The van der Waals surface area contributed by atoms with E-state index in [9.17, 15) is 18.4 Å². The quantitative estimate of drug-likeness (QED) is 0.333. The van der Waals surface area contributed by atoms with Crippen LogP contribution < -0.4 is 15.4 Å². The number of para-hydroxylation sites is 2. The van der Waals surface area contributed by atoms with Gasteiger partial charge in [0.05, 0.1) is 36.4 Å². The van der Waals surface area contributed by atoms with E-state index < -0.39 is 17.5 Å². The average molecular weight is 491 g/mol. The number of anilines is 1. The van der Waals surface area contributed by atoms with Crippen molar-refractivity contribution in [2.75, 3.05) is 11.9 Å². The Bertz CT molecular complexity index is 1370. The SMILES string of the molecule is Cc1oc(-c2ccccc2NC(=O)CCOc2ccccc2)nc1CNC(=O)c1ccc(F)cc1F. The van der Waals surface area contributed by atoms with Crippen LogP contribution in [0.2, 0.25) is 0 Å². The number of aromatic nitrogens is 1. The Morgan fingerprint density at radius 1 is 1.00 bits per heavy atom. The van der Waals surface area contributed by atoms with Crippen LogP contribution in [0, 0.1) is 18.6 Å². The molecule has 0 aliphatic heterocycles. The Labute approximate surface area is 206 Å². The van der Waals surface area contributed by atoms with E-state index in [1.807, 2.05) is 30.3 Å². The highest BCUT2D eigenvalue weighted by molar-refractivity contribution is 5.95. The fourth-order valence-electron chi connectivity index (χ4n) is 3.41. The summed E-state index contributed by atoms with van der Waals surface area (Å²) in [6.45, 7) is 1.86. The van der Waals surface area contributed by atoms with E-state index in [2.05, 4.69) is 15.6 Å². The molecule has 4 rings (SSSR count). The molecule has 0 aliphatic rings. The van der Waals surface area contributed by atoms with Gasteiger partial charge in [-0.25, -0.2) is 13.8 Å². The van der Waals surface area contributed by atoms with Crippen LogP contribution in [-0.2, 0) is 11.3 Å². The van der Waals surface area contributed by atoms with Crippen molar-refractivity contribution in [3.05, 3.63) is 101 Å². The van der Waals surface area contributed by atoms with E-state index in [1.54, 1.807) is 31.2 Å². The number of nitrogens with one attached hydrogen (secondary N) is 2. The van der Waals surface area contributed by atoms with Crippen LogP contribution in [0.15, 0.2) is 77.2 Å². The zero-order chi connectivity index (χ0) is 25.5. The second-order valence-electron chi connectivity index (χ2n) is 7.83. The summed E-state index contributed by atoms with van der Waals surface area (Å²) in [6.07, 6.45) is 0.144. The Morgan fingerprint density at radius 2 is 1.75 bits per heavy atom. The zero-order valence-electron chi connectivity index (χ0n) is 19.4. The second-order valence-corrected chi connectivity index (χ2v) is 7.83. The molecule has 0 unspecified atom stereocenters. The topological polar surface area (TPSA) is 93.5 Å². The number of rotatable bonds is 9. The molecular weight excluding hydrogens is 468 g/mol. The molecule has 4 aromatic rings. The Morgan fingerprint density at radius 3 is 2.53 bits per heavy atom. The summed E-state index contributed by atoms with van der Waals surface area (Å²) in [5, 5.41) is 5.40.